The molecule has 110 valence electrons. The summed E-state index contributed by atoms with van der Waals surface area (Å²) in [5.41, 5.74) is -0.480. The maximum absolute atomic E-state index is 12.5. The number of aromatic nitrogens is 1. The first-order chi connectivity index (χ1) is 11.2. The molecular formula is C18H8INO2S. The first-order valence-electron chi connectivity index (χ1n) is 7.08. The van der Waals surface area contributed by atoms with Gasteiger partial charge in [-0.3, -0.25) is 9.59 Å². The summed E-state index contributed by atoms with van der Waals surface area (Å²) in [4.78, 5) is 25.0. The monoisotopic (exact) mass is 429 g/mol. The number of benzene rings is 3. The molecule has 3 nitrogen and oxygen atoms in total. The van der Waals surface area contributed by atoms with E-state index in [2.05, 4.69) is 12.1 Å². The Hall–Kier alpha value is -1.99. The van der Waals surface area contributed by atoms with Crippen molar-refractivity contribution in [2.24, 2.45) is 0 Å². The fourth-order valence-corrected chi connectivity index (χ4v) is 4.97. The lowest BCUT2D eigenvalue weighted by Gasteiger charge is -2.12. The lowest BCUT2D eigenvalue weighted by Crippen LogP contribution is -2.26. The predicted molar refractivity (Wildman–Crippen MR) is 105 cm³/mol. The molecule has 5 rings (SSSR count). The van der Waals surface area contributed by atoms with Gasteiger partial charge in [-0.1, -0.05) is 24.3 Å². The molecule has 0 fully saturated rings. The first kappa shape index (κ1) is 13.4. The number of pyridine rings is 1. The molecule has 0 aliphatic rings. The van der Waals surface area contributed by atoms with Crippen molar-refractivity contribution >= 4 is 75.9 Å². The van der Waals surface area contributed by atoms with Gasteiger partial charge in [0.05, 0.1) is 22.9 Å². The van der Waals surface area contributed by atoms with Gasteiger partial charge in [-0.05, 0) is 35.0 Å². The molecule has 23 heavy (non-hydrogen) atoms. The van der Waals surface area contributed by atoms with E-state index in [1.807, 2.05) is 36.4 Å². The molecule has 0 saturated carbocycles. The molecule has 2 heterocycles. The zero-order valence-corrected chi connectivity index (χ0v) is 14.6. The standard InChI is InChI=1S/C18H8INO2S/c19-20-17(21)11-6-5-10-9-3-1-2-4-13(9)23-14-8-7-12(18(20)22)15(11)16(10)14/h1-8H. The maximum atomic E-state index is 12.5. The Morgan fingerprint density at radius 1 is 0.696 bits per heavy atom. The predicted octanol–water partition coefficient (Wildman–Crippen LogP) is 4.52. The van der Waals surface area contributed by atoms with Crippen molar-refractivity contribution in [1.82, 2.24) is 2.78 Å². The molecule has 0 saturated heterocycles. The molecule has 0 radical (unpaired) electrons. The highest BCUT2D eigenvalue weighted by atomic mass is 127. The lowest BCUT2D eigenvalue weighted by atomic mass is 9.98. The summed E-state index contributed by atoms with van der Waals surface area (Å²) < 4.78 is 3.47. The smallest absolute Gasteiger partial charge is 0.268 e. The molecule has 0 atom stereocenters. The van der Waals surface area contributed by atoms with Crippen molar-refractivity contribution in [1.29, 1.82) is 0 Å². The van der Waals surface area contributed by atoms with Crippen LogP contribution in [0.5, 0.6) is 0 Å². The highest BCUT2D eigenvalue weighted by Gasteiger charge is 2.17. The van der Waals surface area contributed by atoms with Crippen LogP contribution in [0.15, 0.2) is 58.1 Å². The third kappa shape index (κ3) is 1.63. The van der Waals surface area contributed by atoms with Crippen LogP contribution in [0.4, 0.5) is 0 Å². The minimum absolute atomic E-state index is 0.240. The largest absolute Gasteiger partial charge is 0.270 e. The fraction of sp³-hybridized carbons (Fsp3) is 0. The molecule has 5 heteroatoms. The van der Waals surface area contributed by atoms with Gasteiger partial charge in [-0.2, -0.15) is 0 Å². The van der Waals surface area contributed by atoms with E-state index in [1.165, 1.54) is 7.48 Å². The first-order valence-corrected chi connectivity index (χ1v) is 8.86. The number of hydrogen-bond acceptors (Lipinski definition) is 3. The molecule has 0 aliphatic carbocycles. The Morgan fingerprint density at radius 2 is 1.35 bits per heavy atom. The van der Waals surface area contributed by atoms with E-state index in [-0.39, 0.29) is 11.1 Å². The molecule has 0 unspecified atom stereocenters. The highest BCUT2D eigenvalue weighted by Crippen LogP contribution is 2.39. The van der Waals surface area contributed by atoms with Gasteiger partial charge >= 0.3 is 0 Å². The van der Waals surface area contributed by atoms with Crippen LogP contribution in [0.3, 0.4) is 0 Å². The Kier molecular flexibility index (Phi) is 2.64. The van der Waals surface area contributed by atoms with Crippen LogP contribution in [0.1, 0.15) is 0 Å². The van der Waals surface area contributed by atoms with Crippen LogP contribution in [-0.2, 0) is 0 Å². The van der Waals surface area contributed by atoms with Gasteiger partial charge in [0.1, 0.15) is 0 Å². The minimum Gasteiger partial charge on any atom is -0.268 e. The van der Waals surface area contributed by atoms with Gasteiger partial charge in [0.15, 0.2) is 0 Å². The van der Waals surface area contributed by atoms with Crippen LogP contribution in [0, 0.1) is 0 Å². The average Bonchev–Trinajstić information content (AvgIpc) is 2.59. The quantitative estimate of drug-likeness (QED) is 0.206. The number of fused-ring (bicyclic) bond motifs is 2. The van der Waals surface area contributed by atoms with E-state index in [0.29, 0.717) is 10.8 Å². The van der Waals surface area contributed by atoms with E-state index in [9.17, 15) is 9.59 Å². The average molecular weight is 429 g/mol. The van der Waals surface area contributed by atoms with E-state index in [1.54, 1.807) is 34.2 Å². The fourth-order valence-electron chi connectivity index (χ4n) is 3.33. The summed E-state index contributed by atoms with van der Waals surface area (Å²) in [7, 11) is 0. The van der Waals surface area contributed by atoms with Crippen molar-refractivity contribution in [3.8, 4) is 0 Å². The summed E-state index contributed by atoms with van der Waals surface area (Å²) in [5.74, 6) is 0. The van der Waals surface area contributed by atoms with E-state index in [4.69, 9.17) is 0 Å². The second-order valence-corrected chi connectivity index (χ2v) is 7.56. The number of halogens is 1. The van der Waals surface area contributed by atoms with Crippen LogP contribution in [-0.4, -0.2) is 2.78 Å². The molecule has 5 aromatic rings. The second-order valence-electron chi connectivity index (χ2n) is 5.51. The molecule has 0 bridgehead atoms. The van der Waals surface area contributed by atoms with Crippen molar-refractivity contribution in [2.75, 3.05) is 0 Å². The molecule has 0 aliphatic heterocycles. The minimum atomic E-state index is -0.240. The van der Waals surface area contributed by atoms with Crippen molar-refractivity contribution in [3.63, 3.8) is 0 Å². The van der Waals surface area contributed by atoms with Gasteiger partial charge in [0.2, 0.25) is 0 Å². The van der Waals surface area contributed by atoms with E-state index < -0.39 is 0 Å². The zero-order valence-electron chi connectivity index (χ0n) is 11.7. The Balaban J connectivity index is 2.25. The van der Waals surface area contributed by atoms with Crippen LogP contribution < -0.4 is 11.1 Å². The van der Waals surface area contributed by atoms with Gasteiger partial charge in [-0.25, -0.2) is 2.78 Å². The number of hydrogen-bond donors (Lipinski definition) is 0. The van der Waals surface area contributed by atoms with Crippen LogP contribution >= 0.6 is 34.2 Å². The molecular weight excluding hydrogens is 421 g/mol. The Morgan fingerprint density at radius 3 is 2.13 bits per heavy atom. The Labute approximate surface area is 147 Å². The van der Waals surface area contributed by atoms with Crippen LogP contribution in [0.2, 0.25) is 0 Å². The van der Waals surface area contributed by atoms with E-state index in [0.717, 1.165) is 26.2 Å². The second kappa shape index (κ2) is 4.52. The third-order valence-corrected chi connectivity index (χ3v) is 6.35. The van der Waals surface area contributed by atoms with Crippen molar-refractivity contribution in [3.05, 3.63) is 69.2 Å². The third-order valence-electron chi connectivity index (χ3n) is 4.34. The molecule has 0 spiro atoms. The van der Waals surface area contributed by atoms with Gasteiger partial charge in [0.25, 0.3) is 11.1 Å². The maximum Gasteiger partial charge on any atom is 0.270 e. The van der Waals surface area contributed by atoms with Crippen molar-refractivity contribution in [2.45, 2.75) is 0 Å². The van der Waals surface area contributed by atoms with Gasteiger partial charge < -0.3 is 0 Å². The molecule has 2 aromatic heterocycles. The van der Waals surface area contributed by atoms with E-state index >= 15 is 0 Å². The van der Waals surface area contributed by atoms with Gasteiger partial charge in [0, 0.05) is 30.9 Å². The Bertz CT molecular complexity index is 1330. The summed E-state index contributed by atoms with van der Waals surface area (Å²) in [6.07, 6.45) is 0. The van der Waals surface area contributed by atoms with Gasteiger partial charge in [-0.15, -0.1) is 11.3 Å². The topological polar surface area (TPSA) is 39.1 Å². The number of nitrogens with zero attached hydrogens (tertiary/aromatic N) is 1. The summed E-state index contributed by atoms with van der Waals surface area (Å²) in [6, 6.07) is 15.9. The summed E-state index contributed by atoms with van der Waals surface area (Å²) in [6.45, 7) is 0. The number of rotatable bonds is 0. The highest BCUT2D eigenvalue weighted by molar-refractivity contribution is 14.1. The zero-order chi connectivity index (χ0) is 15.7. The SMILES string of the molecule is O=c1c2ccc3sc4ccccc4c4ccc(c(=O)n1I)c2c34. The van der Waals surface area contributed by atoms with Crippen molar-refractivity contribution < 1.29 is 0 Å². The summed E-state index contributed by atoms with van der Waals surface area (Å²) >= 11 is 3.48. The molecule has 0 amide bonds. The normalized spacial score (nSPS) is 12.0. The molecule has 3 aromatic carbocycles. The summed E-state index contributed by atoms with van der Waals surface area (Å²) in [5, 5.41) is 5.28. The molecule has 0 N–H and O–H groups in total. The van der Waals surface area contributed by atoms with Crippen LogP contribution in [0.25, 0.3) is 41.7 Å². The lowest BCUT2D eigenvalue weighted by molar-refractivity contribution is 1.18.